The standard InChI is InChI=1S/C19H18N4O3S/c1-12(19(26)21-15-6-3-5-14(11-15)20-13(2)24)23-18(25)9-8-16(22-23)17-7-4-10-27-17/h3-12H,1-2H3,(H,20,24)(H,21,26). The van der Waals surface area contributed by atoms with Gasteiger partial charge >= 0.3 is 0 Å². The Morgan fingerprint density at radius 3 is 2.48 bits per heavy atom. The summed E-state index contributed by atoms with van der Waals surface area (Å²) in [6.45, 7) is 3.02. The summed E-state index contributed by atoms with van der Waals surface area (Å²) < 4.78 is 1.17. The van der Waals surface area contributed by atoms with Gasteiger partial charge in [-0.05, 0) is 42.6 Å². The first-order chi connectivity index (χ1) is 12.9. The van der Waals surface area contributed by atoms with Crippen LogP contribution >= 0.6 is 11.3 Å². The van der Waals surface area contributed by atoms with E-state index in [4.69, 9.17) is 0 Å². The van der Waals surface area contributed by atoms with Crippen molar-refractivity contribution < 1.29 is 9.59 Å². The predicted octanol–water partition coefficient (Wildman–Crippen LogP) is 3.13. The molecule has 0 spiro atoms. The third-order valence-corrected chi connectivity index (χ3v) is 4.69. The molecule has 8 heteroatoms. The molecule has 1 aromatic carbocycles. The average molecular weight is 382 g/mol. The fraction of sp³-hybridized carbons (Fsp3) is 0.158. The maximum absolute atomic E-state index is 12.6. The zero-order valence-electron chi connectivity index (χ0n) is 14.8. The van der Waals surface area contributed by atoms with Gasteiger partial charge < -0.3 is 10.6 Å². The molecule has 0 aliphatic heterocycles. The molecule has 2 N–H and O–H groups in total. The molecule has 0 bridgehead atoms. The summed E-state index contributed by atoms with van der Waals surface area (Å²) in [4.78, 5) is 36.9. The van der Waals surface area contributed by atoms with Crippen molar-refractivity contribution >= 4 is 34.5 Å². The molecule has 27 heavy (non-hydrogen) atoms. The van der Waals surface area contributed by atoms with Crippen molar-refractivity contribution in [3.63, 3.8) is 0 Å². The number of carbonyl (C=O) groups excluding carboxylic acids is 2. The SMILES string of the molecule is CC(=O)Nc1cccc(NC(=O)C(C)n2nc(-c3cccs3)ccc2=O)c1. The molecule has 0 fully saturated rings. The molecule has 2 aromatic heterocycles. The Bertz CT molecular complexity index is 1030. The van der Waals surface area contributed by atoms with Crippen LogP contribution in [0.15, 0.2) is 58.7 Å². The van der Waals surface area contributed by atoms with Crippen LogP contribution in [0.5, 0.6) is 0 Å². The van der Waals surface area contributed by atoms with E-state index >= 15 is 0 Å². The normalized spacial score (nSPS) is 11.6. The third kappa shape index (κ3) is 4.48. The second-order valence-electron chi connectivity index (χ2n) is 5.91. The number of nitrogens with zero attached hydrogens (tertiary/aromatic N) is 2. The van der Waals surface area contributed by atoms with E-state index in [1.807, 2.05) is 17.5 Å². The van der Waals surface area contributed by atoms with E-state index in [0.717, 1.165) is 4.88 Å². The van der Waals surface area contributed by atoms with Gasteiger partial charge in [-0.15, -0.1) is 11.3 Å². The molecule has 0 saturated heterocycles. The van der Waals surface area contributed by atoms with E-state index in [1.165, 1.54) is 29.0 Å². The van der Waals surface area contributed by atoms with Crippen LogP contribution in [0.25, 0.3) is 10.6 Å². The Hall–Kier alpha value is -3.26. The number of benzene rings is 1. The number of rotatable bonds is 5. The Kier molecular flexibility index (Phi) is 5.46. The van der Waals surface area contributed by atoms with Gasteiger partial charge in [-0.25, -0.2) is 4.68 Å². The minimum atomic E-state index is -0.804. The highest BCUT2D eigenvalue weighted by molar-refractivity contribution is 7.13. The molecule has 0 aliphatic carbocycles. The molecule has 0 radical (unpaired) electrons. The first-order valence-corrected chi connectivity index (χ1v) is 9.14. The van der Waals surface area contributed by atoms with Crippen molar-refractivity contribution in [3.05, 3.63) is 64.3 Å². The van der Waals surface area contributed by atoms with Crippen molar-refractivity contribution in [1.82, 2.24) is 9.78 Å². The summed E-state index contributed by atoms with van der Waals surface area (Å²) in [5.74, 6) is -0.583. The number of anilines is 2. The number of hydrogen-bond acceptors (Lipinski definition) is 5. The molecule has 138 valence electrons. The summed E-state index contributed by atoms with van der Waals surface area (Å²) in [5.41, 5.74) is 1.37. The minimum absolute atomic E-state index is 0.201. The van der Waals surface area contributed by atoms with Crippen LogP contribution in [0.3, 0.4) is 0 Å². The first kappa shape index (κ1) is 18.5. The van der Waals surface area contributed by atoms with E-state index < -0.39 is 6.04 Å². The lowest BCUT2D eigenvalue weighted by Gasteiger charge is -2.15. The van der Waals surface area contributed by atoms with Crippen molar-refractivity contribution in [2.75, 3.05) is 10.6 Å². The number of aromatic nitrogens is 2. The highest BCUT2D eigenvalue weighted by Crippen LogP contribution is 2.22. The molecular weight excluding hydrogens is 364 g/mol. The lowest BCUT2D eigenvalue weighted by atomic mass is 10.2. The van der Waals surface area contributed by atoms with E-state index in [2.05, 4.69) is 15.7 Å². The monoisotopic (exact) mass is 382 g/mol. The molecule has 2 heterocycles. The van der Waals surface area contributed by atoms with Gasteiger partial charge in [0.05, 0.1) is 4.88 Å². The third-order valence-electron chi connectivity index (χ3n) is 3.80. The lowest BCUT2D eigenvalue weighted by molar-refractivity contribution is -0.119. The lowest BCUT2D eigenvalue weighted by Crippen LogP contribution is -2.33. The van der Waals surface area contributed by atoms with Gasteiger partial charge in [-0.1, -0.05) is 12.1 Å². The van der Waals surface area contributed by atoms with Crippen LogP contribution in [-0.4, -0.2) is 21.6 Å². The number of nitrogens with one attached hydrogen (secondary N) is 2. The predicted molar refractivity (Wildman–Crippen MR) is 106 cm³/mol. The van der Waals surface area contributed by atoms with Gasteiger partial charge in [0.1, 0.15) is 11.7 Å². The largest absolute Gasteiger partial charge is 0.326 e. The zero-order valence-corrected chi connectivity index (χ0v) is 15.6. The number of amides is 2. The molecular formula is C19H18N4O3S. The molecule has 1 atom stereocenters. The van der Waals surface area contributed by atoms with Gasteiger partial charge in [-0.2, -0.15) is 5.10 Å². The van der Waals surface area contributed by atoms with Crippen molar-refractivity contribution in [1.29, 1.82) is 0 Å². The maximum Gasteiger partial charge on any atom is 0.267 e. The highest BCUT2D eigenvalue weighted by atomic mass is 32.1. The second kappa shape index (κ2) is 7.96. The Morgan fingerprint density at radius 2 is 1.81 bits per heavy atom. The second-order valence-corrected chi connectivity index (χ2v) is 6.85. The van der Waals surface area contributed by atoms with Crippen LogP contribution in [0.4, 0.5) is 11.4 Å². The summed E-state index contributed by atoms with van der Waals surface area (Å²) in [5, 5.41) is 11.7. The quantitative estimate of drug-likeness (QED) is 0.709. The number of carbonyl (C=O) groups is 2. The molecule has 3 rings (SSSR count). The van der Waals surface area contributed by atoms with Gasteiger partial charge in [-0.3, -0.25) is 14.4 Å². The van der Waals surface area contributed by atoms with Gasteiger partial charge in [0.2, 0.25) is 11.8 Å². The highest BCUT2D eigenvalue weighted by Gasteiger charge is 2.18. The van der Waals surface area contributed by atoms with Crippen LogP contribution in [0.1, 0.15) is 19.9 Å². The van der Waals surface area contributed by atoms with Gasteiger partial charge in [0.15, 0.2) is 0 Å². The van der Waals surface area contributed by atoms with E-state index in [1.54, 1.807) is 37.3 Å². The smallest absolute Gasteiger partial charge is 0.267 e. The first-order valence-electron chi connectivity index (χ1n) is 8.26. The van der Waals surface area contributed by atoms with Crippen LogP contribution in [0.2, 0.25) is 0 Å². The summed E-state index contributed by atoms with van der Waals surface area (Å²) in [7, 11) is 0. The summed E-state index contributed by atoms with van der Waals surface area (Å²) >= 11 is 1.51. The Balaban J connectivity index is 1.81. The fourth-order valence-electron chi connectivity index (χ4n) is 2.49. The van der Waals surface area contributed by atoms with E-state index in [0.29, 0.717) is 17.1 Å². The van der Waals surface area contributed by atoms with Crippen LogP contribution < -0.4 is 16.2 Å². The zero-order chi connectivity index (χ0) is 19.4. The number of hydrogen-bond donors (Lipinski definition) is 2. The van der Waals surface area contributed by atoms with Crippen molar-refractivity contribution in [3.8, 4) is 10.6 Å². The fourth-order valence-corrected chi connectivity index (χ4v) is 3.18. The van der Waals surface area contributed by atoms with E-state index in [9.17, 15) is 14.4 Å². The van der Waals surface area contributed by atoms with Crippen molar-refractivity contribution in [2.45, 2.75) is 19.9 Å². The van der Waals surface area contributed by atoms with E-state index in [-0.39, 0.29) is 17.4 Å². The Morgan fingerprint density at radius 1 is 1.07 bits per heavy atom. The molecule has 2 amide bonds. The van der Waals surface area contributed by atoms with Crippen LogP contribution in [-0.2, 0) is 9.59 Å². The topological polar surface area (TPSA) is 93.1 Å². The molecule has 0 aliphatic rings. The molecule has 3 aromatic rings. The van der Waals surface area contributed by atoms with Gasteiger partial charge in [0, 0.05) is 24.4 Å². The van der Waals surface area contributed by atoms with Crippen LogP contribution in [0, 0.1) is 0 Å². The van der Waals surface area contributed by atoms with Gasteiger partial charge in [0.25, 0.3) is 5.56 Å². The molecule has 1 unspecified atom stereocenters. The molecule has 7 nitrogen and oxygen atoms in total. The summed E-state index contributed by atoms with van der Waals surface area (Å²) in [6, 6.07) is 12.8. The number of thiophene rings is 1. The molecule has 0 saturated carbocycles. The average Bonchev–Trinajstić information content (AvgIpc) is 3.16. The van der Waals surface area contributed by atoms with Crippen molar-refractivity contribution in [2.24, 2.45) is 0 Å². The minimum Gasteiger partial charge on any atom is -0.326 e. The summed E-state index contributed by atoms with van der Waals surface area (Å²) in [6.07, 6.45) is 0. The maximum atomic E-state index is 12.6. The Labute approximate surface area is 159 Å².